The molecule has 1 fully saturated rings. The van der Waals surface area contributed by atoms with Gasteiger partial charge in [-0.2, -0.15) is 15.1 Å². The monoisotopic (exact) mass is 456 g/mol. The van der Waals surface area contributed by atoms with Crippen molar-refractivity contribution in [1.82, 2.24) is 29.6 Å². The highest BCUT2D eigenvalue weighted by molar-refractivity contribution is 5.89. The smallest absolute Gasteiger partial charge is 0.246 e. The van der Waals surface area contributed by atoms with Crippen LogP contribution in [0.3, 0.4) is 0 Å². The molecule has 34 heavy (non-hydrogen) atoms. The van der Waals surface area contributed by atoms with Crippen LogP contribution in [0.25, 0.3) is 16.7 Å². The summed E-state index contributed by atoms with van der Waals surface area (Å²) in [5.74, 6) is 1.20. The second-order valence-corrected chi connectivity index (χ2v) is 8.62. The predicted octanol–water partition coefficient (Wildman–Crippen LogP) is 4.09. The van der Waals surface area contributed by atoms with Crippen LogP contribution in [-0.2, 0) is 4.79 Å². The van der Waals surface area contributed by atoms with E-state index >= 15 is 0 Å². The number of rotatable bonds is 6. The maximum absolute atomic E-state index is 12.1. The third-order valence-corrected chi connectivity index (χ3v) is 6.04. The number of H-pyrrole nitrogens is 1. The maximum Gasteiger partial charge on any atom is 0.246 e. The Hall–Kier alpha value is -4.14. The molecule has 4 aromatic rings. The highest BCUT2D eigenvalue weighted by Gasteiger charge is 2.23. The predicted molar refractivity (Wildman–Crippen MR) is 134 cm³/mol. The minimum atomic E-state index is -0.0350. The number of hydrogen-bond donors (Lipinski definition) is 3. The van der Waals surface area contributed by atoms with Gasteiger partial charge in [0.2, 0.25) is 11.9 Å². The number of amides is 1. The van der Waals surface area contributed by atoms with E-state index in [4.69, 9.17) is 4.98 Å². The Morgan fingerprint density at radius 1 is 1.21 bits per heavy atom. The third-order valence-electron chi connectivity index (χ3n) is 6.04. The van der Waals surface area contributed by atoms with Gasteiger partial charge in [0, 0.05) is 36.7 Å². The molecule has 9 nitrogen and oxygen atoms in total. The molecule has 0 aliphatic carbocycles. The maximum atomic E-state index is 12.1. The van der Waals surface area contributed by atoms with Gasteiger partial charge < -0.3 is 20.5 Å². The Bertz CT molecular complexity index is 1340. The molecule has 0 spiro atoms. The third kappa shape index (κ3) is 4.36. The van der Waals surface area contributed by atoms with E-state index in [0.717, 1.165) is 59.0 Å². The average Bonchev–Trinajstić information content (AvgIpc) is 3.45. The minimum absolute atomic E-state index is 0.0350. The van der Waals surface area contributed by atoms with Crippen molar-refractivity contribution in [3.63, 3.8) is 0 Å². The van der Waals surface area contributed by atoms with Gasteiger partial charge >= 0.3 is 0 Å². The van der Waals surface area contributed by atoms with Crippen molar-refractivity contribution >= 4 is 34.4 Å². The molecular weight excluding hydrogens is 428 g/mol. The number of benzene rings is 1. The standard InChI is InChI=1S/C25H28N8O/c1-4-22(34)32-13-5-6-19(15-32)27-24-21-11-12-26-23(21)29-25(30-24)28-18-7-9-20(10-8-18)33-17(3)14-16(2)31-33/h4,7-12,14,19H,1,5-6,13,15H2,2-3H3,(H3,26,27,28,29,30). The fourth-order valence-electron chi connectivity index (χ4n) is 4.43. The second-order valence-electron chi connectivity index (χ2n) is 8.62. The van der Waals surface area contributed by atoms with E-state index in [2.05, 4.69) is 38.3 Å². The highest BCUT2D eigenvalue weighted by Crippen LogP contribution is 2.26. The number of fused-ring (bicyclic) bond motifs is 1. The molecule has 0 saturated carbocycles. The van der Waals surface area contributed by atoms with Crippen LogP contribution >= 0.6 is 0 Å². The van der Waals surface area contributed by atoms with Crippen molar-refractivity contribution in [1.29, 1.82) is 0 Å². The quantitative estimate of drug-likeness (QED) is 0.378. The van der Waals surface area contributed by atoms with Gasteiger partial charge in [0.25, 0.3) is 0 Å². The van der Waals surface area contributed by atoms with E-state index in [-0.39, 0.29) is 11.9 Å². The largest absolute Gasteiger partial charge is 0.365 e. The number of carbonyl (C=O) groups excluding carboxylic acids is 1. The van der Waals surface area contributed by atoms with E-state index in [9.17, 15) is 4.79 Å². The first kappa shape index (κ1) is 21.7. The lowest BCUT2D eigenvalue weighted by molar-refractivity contribution is -0.127. The Labute approximate surface area is 197 Å². The van der Waals surface area contributed by atoms with Crippen molar-refractivity contribution in [3.05, 3.63) is 66.6 Å². The molecule has 0 bridgehead atoms. The van der Waals surface area contributed by atoms with Gasteiger partial charge in [0.1, 0.15) is 11.5 Å². The van der Waals surface area contributed by atoms with E-state index in [1.807, 2.05) is 60.0 Å². The Morgan fingerprint density at radius 3 is 2.76 bits per heavy atom. The van der Waals surface area contributed by atoms with Gasteiger partial charge in [-0.05, 0) is 69.2 Å². The molecule has 1 saturated heterocycles. The van der Waals surface area contributed by atoms with Crippen LogP contribution in [0.2, 0.25) is 0 Å². The van der Waals surface area contributed by atoms with Gasteiger partial charge in [-0.1, -0.05) is 6.58 Å². The van der Waals surface area contributed by atoms with Crippen molar-refractivity contribution in [2.75, 3.05) is 23.7 Å². The number of anilines is 3. The summed E-state index contributed by atoms with van der Waals surface area (Å²) >= 11 is 0. The van der Waals surface area contributed by atoms with Crippen molar-refractivity contribution in [2.24, 2.45) is 0 Å². The molecule has 5 rings (SSSR count). The summed E-state index contributed by atoms with van der Waals surface area (Å²) < 4.78 is 1.92. The zero-order chi connectivity index (χ0) is 23.7. The zero-order valence-corrected chi connectivity index (χ0v) is 19.4. The number of aromatic amines is 1. The van der Waals surface area contributed by atoms with Crippen LogP contribution in [0.4, 0.5) is 17.5 Å². The number of hydrogen-bond acceptors (Lipinski definition) is 6. The zero-order valence-electron chi connectivity index (χ0n) is 19.4. The van der Waals surface area contributed by atoms with E-state index < -0.39 is 0 Å². The first-order valence-electron chi connectivity index (χ1n) is 11.4. The number of nitrogens with zero attached hydrogens (tertiary/aromatic N) is 5. The van der Waals surface area contributed by atoms with Crippen molar-refractivity contribution < 1.29 is 4.79 Å². The lowest BCUT2D eigenvalue weighted by Crippen LogP contribution is -2.44. The van der Waals surface area contributed by atoms with Crippen LogP contribution in [0.5, 0.6) is 0 Å². The molecule has 174 valence electrons. The normalized spacial score (nSPS) is 15.9. The van der Waals surface area contributed by atoms with Gasteiger partial charge in [-0.15, -0.1) is 0 Å². The van der Waals surface area contributed by atoms with Crippen LogP contribution < -0.4 is 10.6 Å². The lowest BCUT2D eigenvalue weighted by atomic mass is 10.1. The number of aryl methyl sites for hydroxylation is 2. The summed E-state index contributed by atoms with van der Waals surface area (Å²) in [6.45, 7) is 9.02. The van der Waals surface area contributed by atoms with E-state index in [0.29, 0.717) is 12.5 Å². The molecule has 0 radical (unpaired) electrons. The summed E-state index contributed by atoms with van der Waals surface area (Å²) in [6.07, 6.45) is 5.13. The first-order chi connectivity index (χ1) is 16.5. The lowest BCUT2D eigenvalue weighted by Gasteiger charge is -2.33. The topological polar surface area (TPSA) is 104 Å². The summed E-state index contributed by atoms with van der Waals surface area (Å²) in [4.78, 5) is 26.4. The molecule has 1 atom stereocenters. The second kappa shape index (κ2) is 9.01. The molecule has 3 aromatic heterocycles. The number of carbonyl (C=O) groups is 1. The Kier molecular flexibility index (Phi) is 5.75. The fraction of sp³-hybridized carbons (Fsp3) is 0.280. The van der Waals surface area contributed by atoms with Gasteiger partial charge in [0.15, 0.2) is 0 Å². The molecule has 9 heteroatoms. The number of piperidine rings is 1. The molecule has 1 amide bonds. The van der Waals surface area contributed by atoms with E-state index in [1.165, 1.54) is 6.08 Å². The molecule has 4 heterocycles. The van der Waals surface area contributed by atoms with Crippen LogP contribution in [0.1, 0.15) is 24.2 Å². The molecule has 1 aliphatic heterocycles. The summed E-state index contributed by atoms with van der Waals surface area (Å²) in [6, 6.07) is 12.1. The molecular formula is C25H28N8O. The molecule has 1 aromatic carbocycles. The van der Waals surface area contributed by atoms with Crippen LogP contribution in [0.15, 0.2) is 55.3 Å². The van der Waals surface area contributed by atoms with Gasteiger partial charge in [0.05, 0.1) is 16.8 Å². The SMILES string of the molecule is C=CC(=O)N1CCCC(Nc2nc(Nc3ccc(-n4nc(C)cc4C)cc3)nc3[nH]ccc23)C1. The van der Waals surface area contributed by atoms with Crippen LogP contribution in [0, 0.1) is 13.8 Å². The highest BCUT2D eigenvalue weighted by atomic mass is 16.2. The molecule has 1 unspecified atom stereocenters. The van der Waals surface area contributed by atoms with Gasteiger partial charge in [-0.25, -0.2) is 4.68 Å². The summed E-state index contributed by atoms with van der Waals surface area (Å²) in [5, 5.41) is 12.3. The van der Waals surface area contributed by atoms with Crippen molar-refractivity contribution in [2.45, 2.75) is 32.7 Å². The number of nitrogens with one attached hydrogen (secondary N) is 3. The summed E-state index contributed by atoms with van der Waals surface area (Å²) in [7, 11) is 0. The molecule has 1 aliphatic rings. The summed E-state index contributed by atoms with van der Waals surface area (Å²) in [5.41, 5.74) is 4.69. The fourth-order valence-corrected chi connectivity index (χ4v) is 4.43. The van der Waals surface area contributed by atoms with E-state index in [1.54, 1.807) is 0 Å². The van der Waals surface area contributed by atoms with Gasteiger partial charge in [-0.3, -0.25) is 4.79 Å². The number of aromatic nitrogens is 5. The van der Waals surface area contributed by atoms with Crippen LogP contribution in [-0.4, -0.2) is 54.7 Å². The molecule has 3 N–H and O–H groups in total. The minimum Gasteiger partial charge on any atom is -0.365 e. The average molecular weight is 457 g/mol. The first-order valence-corrected chi connectivity index (χ1v) is 11.4. The van der Waals surface area contributed by atoms with Crippen molar-refractivity contribution in [3.8, 4) is 5.69 Å². The Balaban J connectivity index is 1.36. The number of likely N-dealkylation sites (tertiary alicyclic amines) is 1. The Morgan fingerprint density at radius 2 is 2.03 bits per heavy atom.